The van der Waals surface area contributed by atoms with Crippen LogP contribution in [0.1, 0.15) is 25.8 Å². The van der Waals surface area contributed by atoms with Crippen LogP contribution in [0.15, 0.2) is 18.2 Å². The van der Waals surface area contributed by atoms with Gasteiger partial charge in [-0.2, -0.15) is 0 Å². The summed E-state index contributed by atoms with van der Waals surface area (Å²) in [6.45, 7) is 5.21. The quantitative estimate of drug-likeness (QED) is 0.869. The summed E-state index contributed by atoms with van der Waals surface area (Å²) in [6, 6.07) is 4.80. The van der Waals surface area contributed by atoms with Crippen LogP contribution in [0.5, 0.6) is 5.75 Å². The number of carboxylic acids is 1. The highest BCUT2D eigenvalue weighted by Gasteiger charge is 2.26. The van der Waals surface area contributed by atoms with Crippen molar-refractivity contribution in [1.29, 1.82) is 0 Å². The second kappa shape index (κ2) is 6.22. The van der Waals surface area contributed by atoms with Crippen LogP contribution in [0.2, 0.25) is 0 Å². The first-order valence-electron chi connectivity index (χ1n) is 6.86. The molecule has 1 aliphatic heterocycles. The fourth-order valence-corrected chi connectivity index (χ4v) is 2.45. The number of halogens is 1. The normalized spacial score (nSPS) is 17.4. The van der Waals surface area contributed by atoms with E-state index >= 15 is 0 Å². The first kappa shape index (κ1) is 14.8. The molecule has 0 bridgehead atoms. The van der Waals surface area contributed by atoms with Crippen molar-refractivity contribution in [2.45, 2.75) is 38.8 Å². The summed E-state index contributed by atoms with van der Waals surface area (Å²) in [5.41, 5.74) is 0.886. The van der Waals surface area contributed by atoms with Gasteiger partial charge < -0.3 is 9.84 Å². The lowest BCUT2D eigenvalue weighted by molar-refractivity contribution is -0.137. The molecule has 1 atom stereocenters. The Balaban J connectivity index is 1.94. The number of carbonyl (C=O) groups is 1. The minimum absolute atomic E-state index is 0.0389. The fourth-order valence-electron chi connectivity index (χ4n) is 2.45. The van der Waals surface area contributed by atoms with E-state index in [2.05, 4.69) is 4.90 Å². The monoisotopic (exact) mass is 281 g/mol. The third kappa shape index (κ3) is 3.70. The Morgan fingerprint density at radius 2 is 2.30 bits per heavy atom. The molecule has 1 aliphatic rings. The van der Waals surface area contributed by atoms with Crippen LogP contribution in [-0.4, -0.2) is 41.2 Å². The van der Waals surface area contributed by atoms with Crippen LogP contribution in [-0.2, 0) is 11.2 Å². The van der Waals surface area contributed by atoms with Gasteiger partial charge in [0.2, 0.25) is 0 Å². The maximum Gasteiger partial charge on any atom is 0.304 e. The zero-order valence-electron chi connectivity index (χ0n) is 11.8. The van der Waals surface area contributed by atoms with Crippen LogP contribution in [0.4, 0.5) is 4.39 Å². The van der Waals surface area contributed by atoms with E-state index in [1.165, 1.54) is 12.1 Å². The Bertz CT molecular complexity index is 490. The Morgan fingerprint density at radius 1 is 1.55 bits per heavy atom. The molecule has 0 saturated carbocycles. The Morgan fingerprint density at radius 3 is 2.95 bits per heavy atom. The molecule has 0 spiro atoms. The Hall–Kier alpha value is -1.62. The molecular formula is C15H20FNO3. The number of aliphatic carboxylic acids is 1. The molecule has 0 amide bonds. The van der Waals surface area contributed by atoms with Gasteiger partial charge in [0.1, 0.15) is 17.7 Å². The van der Waals surface area contributed by atoms with Crippen molar-refractivity contribution in [2.24, 2.45) is 0 Å². The fraction of sp³-hybridized carbons (Fsp3) is 0.533. The lowest BCUT2D eigenvalue weighted by Gasteiger charge is -2.28. The Kier molecular flexibility index (Phi) is 4.60. The number of carboxylic acid groups (broad SMARTS) is 1. The van der Waals surface area contributed by atoms with Crippen molar-refractivity contribution in [2.75, 3.05) is 13.1 Å². The standard InChI is InChI=1S/C15H20FNO3/c1-10(2)17(6-5-15(18)19)9-13-8-11-7-12(16)3-4-14(11)20-13/h3-4,7,10,13H,5-6,8-9H2,1-2H3,(H,18,19). The zero-order valence-corrected chi connectivity index (χ0v) is 11.8. The van der Waals surface area contributed by atoms with Crippen LogP contribution >= 0.6 is 0 Å². The van der Waals surface area contributed by atoms with E-state index in [9.17, 15) is 9.18 Å². The van der Waals surface area contributed by atoms with Gasteiger partial charge in [-0.1, -0.05) is 0 Å². The van der Waals surface area contributed by atoms with E-state index in [0.717, 1.165) is 11.3 Å². The third-order valence-corrected chi connectivity index (χ3v) is 3.55. The molecule has 0 aliphatic carbocycles. The van der Waals surface area contributed by atoms with Gasteiger partial charge in [0.05, 0.1) is 6.42 Å². The van der Waals surface area contributed by atoms with Gasteiger partial charge in [-0.15, -0.1) is 0 Å². The van der Waals surface area contributed by atoms with Crippen molar-refractivity contribution in [3.8, 4) is 5.75 Å². The largest absolute Gasteiger partial charge is 0.488 e. The smallest absolute Gasteiger partial charge is 0.304 e. The number of rotatable bonds is 6. The maximum absolute atomic E-state index is 13.2. The molecule has 110 valence electrons. The molecule has 4 nitrogen and oxygen atoms in total. The summed E-state index contributed by atoms with van der Waals surface area (Å²) < 4.78 is 19.0. The number of ether oxygens (including phenoxy) is 1. The summed E-state index contributed by atoms with van der Waals surface area (Å²) in [4.78, 5) is 12.8. The number of nitrogens with zero attached hydrogens (tertiary/aromatic N) is 1. The van der Waals surface area contributed by atoms with E-state index in [-0.39, 0.29) is 24.4 Å². The average Bonchev–Trinajstić information content (AvgIpc) is 2.75. The minimum Gasteiger partial charge on any atom is -0.488 e. The summed E-state index contributed by atoms with van der Waals surface area (Å²) in [5, 5.41) is 8.78. The first-order valence-corrected chi connectivity index (χ1v) is 6.86. The molecule has 20 heavy (non-hydrogen) atoms. The number of benzene rings is 1. The van der Waals surface area contributed by atoms with Crippen molar-refractivity contribution < 1.29 is 19.0 Å². The van der Waals surface area contributed by atoms with Gasteiger partial charge in [-0.3, -0.25) is 9.69 Å². The van der Waals surface area contributed by atoms with Gasteiger partial charge in [-0.05, 0) is 32.0 Å². The molecule has 0 fully saturated rings. The van der Waals surface area contributed by atoms with Crippen LogP contribution in [0.3, 0.4) is 0 Å². The maximum atomic E-state index is 13.2. The van der Waals surface area contributed by atoms with Crippen LogP contribution in [0, 0.1) is 5.82 Å². The molecule has 2 rings (SSSR count). The van der Waals surface area contributed by atoms with Crippen LogP contribution < -0.4 is 4.74 Å². The molecule has 5 heteroatoms. The summed E-state index contributed by atoms with van der Waals surface area (Å²) >= 11 is 0. The summed E-state index contributed by atoms with van der Waals surface area (Å²) in [6.07, 6.45) is 0.749. The van der Waals surface area contributed by atoms with E-state index in [1.54, 1.807) is 6.07 Å². The highest BCUT2D eigenvalue weighted by atomic mass is 19.1. The highest BCUT2D eigenvalue weighted by molar-refractivity contribution is 5.66. The number of fused-ring (bicyclic) bond motifs is 1. The average molecular weight is 281 g/mol. The van der Waals surface area contributed by atoms with E-state index in [1.807, 2.05) is 13.8 Å². The zero-order chi connectivity index (χ0) is 14.7. The predicted octanol–water partition coefficient (Wildman–Crippen LogP) is 2.31. The van der Waals surface area contributed by atoms with E-state index < -0.39 is 5.97 Å². The molecule has 0 radical (unpaired) electrons. The second-order valence-electron chi connectivity index (χ2n) is 5.43. The van der Waals surface area contributed by atoms with Crippen molar-refractivity contribution in [3.63, 3.8) is 0 Å². The van der Waals surface area contributed by atoms with Gasteiger partial charge in [0.25, 0.3) is 0 Å². The predicted molar refractivity (Wildman–Crippen MR) is 73.5 cm³/mol. The molecular weight excluding hydrogens is 261 g/mol. The molecule has 1 N–H and O–H groups in total. The van der Waals surface area contributed by atoms with Crippen LogP contribution in [0.25, 0.3) is 0 Å². The van der Waals surface area contributed by atoms with Gasteiger partial charge in [-0.25, -0.2) is 4.39 Å². The third-order valence-electron chi connectivity index (χ3n) is 3.55. The topological polar surface area (TPSA) is 49.8 Å². The number of hydrogen-bond donors (Lipinski definition) is 1. The number of hydrogen-bond acceptors (Lipinski definition) is 3. The minimum atomic E-state index is -0.798. The van der Waals surface area contributed by atoms with Crippen molar-refractivity contribution >= 4 is 5.97 Å². The highest BCUT2D eigenvalue weighted by Crippen LogP contribution is 2.29. The first-order chi connectivity index (χ1) is 9.45. The lowest BCUT2D eigenvalue weighted by atomic mass is 10.1. The molecule has 1 heterocycles. The molecule has 1 unspecified atom stereocenters. The summed E-state index contributed by atoms with van der Waals surface area (Å²) in [7, 11) is 0. The van der Waals surface area contributed by atoms with E-state index in [4.69, 9.17) is 9.84 Å². The summed E-state index contributed by atoms with van der Waals surface area (Å²) in [5.74, 6) is -0.314. The molecule has 1 aromatic carbocycles. The van der Waals surface area contributed by atoms with E-state index in [0.29, 0.717) is 19.5 Å². The second-order valence-corrected chi connectivity index (χ2v) is 5.43. The molecule has 0 saturated heterocycles. The SMILES string of the molecule is CC(C)N(CCC(=O)O)CC1Cc2cc(F)ccc2O1. The molecule has 0 aromatic heterocycles. The van der Waals surface area contributed by atoms with Crippen molar-refractivity contribution in [3.05, 3.63) is 29.6 Å². The van der Waals surface area contributed by atoms with Gasteiger partial charge in [0.15, 0.2) is 0 Å². The van der Waals surface area contributed by atoms with Gasteiger partial charge >= 0.3 is 5.97 Å². The molecule has 1 aromatic rings. The Labute approximate surface area is 118 Å². The van der Waals surface area contributed by atoms with Crippen molar-refractivity contribution in [1.82, 2.24) is 4.90 Å². The van der Waals surface area contributed by atoms with Gasteiger partial charge in [0, 0.05) is 31.1 Å². The lowest BCUT2D eigenvalue weighted by Crippen LogP contribution is -2.40.